The van der Waals surface area contributed by atoms with Crippen molar-refractivity contribution in [2.75, 3.05) is 13.1 Å². The first-order chi connectivity index (χ1) is 16.2. The zero-order chi connectivity index (χ0) is 24.3. The first kappa shape index (κ1) is 24.1. The van der Waals surface area contributed by atoms with E-state index in [1.165, 1.54) is 0 Å². The Kier molecular flexibility index (Phi) is 7.12. The molecule has 1 saturated heterocycles. The zero-order valence-electron chi connectivity index (χ0n) is 20.1. The van der Waals surface area contributed by atoms with Crippen molar-refractivity contribution in [3.8, 4) is 16.9 Å². The van der Waals surface area contributed by atoms with Gasteiger partial charge in [-0.3, -0.25) is 9.67 Å². The van der Waals surface area contributed by atoms with E-state index < -0.39 is 5.60 Å². The fourth-order valence-corrected chi connectivity index (χ4v) is 4.10. The second-order valence-electron chi connectivity index (χ2n) is 9.63. The number of benzene rings is 1. The number of hydrogen-bond donors (Lipinski definition) is 0. The number of amides is 1. The Morgan fingerprint density at radius 2 is 1.79 bits per heavy atom. The lowest BCUT2D eigenvalue weighted by Gasteiger charge is -2.33. The molecule has 0 bridgehead atoms. The number of nitrogens with zero attached hydrogens (tertiary/aromatic N) is 4. The zero-order valence-corrected chi connectivity index (χ0v) is 20.8. The van der Waals surface area contributed by atoms with Crippen LogP contribution in [0.4, 0.5) is 4.79 Å². The lowest BCUT2D eigenvalue weighted by atomic mass is 10.1. The van der Waals surface area contributed by atoms with Gasteiger partial charge in [-0.15, -0.1) is 0 Å². The number of halogens is 1. The summed E-state index contributed by atoms with van der Waals surface area (Å²) in [4.78, 5) is 18.5. The van der Waals surface area contributed by atoms with Gasteiger partial charge in [-0.05, 0) is 64.3 Å². The summed E-state index contributed by atoms with van der Waals surface area (Å²) in [5.41, 5.74) is 2.48. The Balaban J connectivity index is 1.38. The van der Waals surface area contributed by atoms with Crippen LogP contribution < -0.4 is 4.74 Å². The molecular weight excluding hydrogens is 452 g/mol. The highest BCUT2D eigenvalue weighted by Gasteiger charge is 2.28. The molecule has 34 heavy (non-hydrogen) atoms. The molecule has 8 heteroatoms. The molecule has 1 fully saturated rings. The number of likely N-dealkylation sites (tertiary alicyclic amines) is 1. The Morgan fingerprint density at radius 1 is 1.09 bits per heavy atom. The molecule has 4 rings (SSSR count). The molecule has 1 aliphatic heterocycles. The Labute approximate surface area is 205 Å². The monoisotopic (exact) mass is 482 g/mol. The van der Waals surface area contributed by atoms with Crippen molar-refractivity contribution < 1.29 is 14.3 Å². The summed E-state index contributed by atoms with van der Waals surface area (Å²) in [5, 5.41) is 5.29. The standard InChI is InChI=1S/C26H31ClN4O3/c1-18(19-5-7-22(27)8-6-19)33-24-13-20(14-28-16-24)21-15-29-31(17-21)23-9-11-30(12-10-23)25(32)34-26(2,3)4/h5-8,13-18,23H,9-12H2,1-4H3/t18-/m1/s1. The molecule has 3 aromatic rings. The third-order valence-corrected chi connectivity index (χ3v) is 6.04. The van der Waals surface area contributed by atoms with Crippen LogP contribution in [-0.2, 0) is 4.74 Å². The van der Waals surface area contributed by atoms with Gasteiger partial charge in [-0.1, -0.05) is 23.7 Å². The van der Waals surface area contributed by atoms with Crippen molar-refractivity contribution in [2.24, 2.45) is 0 Å². The highest BCUT2D eigenvalue weighted by Crippen LogP contribution is 2.29. The van der Waals surface area contributed by atoms with Crippen molar-refractivity contribution in [1.29, 1.82) is 0 Å². The number of aromatic nitrogens is 3. The highest BCUT2D eigenvalue weighted by molar-refractivity contribution is 6.30. The molecule has 180 valence electrons. The average Bonchev–Trinajstić information content (AvgIpc) is 3.29. The maximum absolute atomic E-state index is 12.3. The first-order valence-electron chi connectivity index (χ1n) is 11.6. The van der Waals surface area contributed by atoms with Gasteiger partial charge in [0.1, 0.15) is 17.5 Å². The molecule has 0 aliphatic carbocycles. The van der Waals surface area contributed by atoms with E-state index >= 15 is 0 Å². The Hall–Kier alpha value is -3.06. The van der Waals surface area contributed by atoms with Crippen molar-refractivity contribution in [3.63, 3.8) is 0 Å². The highest BCUT2D eigenvalue weighted by atomic mass is 35.5. The van der Waals surface area contributed by atoms with Crippen molar-refractivity contribution in [2.45, 2.75) is 58.3 Å². The van der Waals surface area contributed by atoms with Gasteiger partial charge in [0.2, 0.25) is 0 Å². The largest absolute Gasteiger partial charge is 0.484 e. The lowest BCUT2D eigenvalue weighted by Crippen LogP contribution is -2.42. The molecule has 1 amide bonds. The molecule has 1 aromatic carbocycles. The van der Waals surface area contributed by atoms with E-state index in [2.05, 4.69) is 10.1 Å². The maximum atomic E-state index is 12.3. The lowest BCUT2D eigenvalue weighted by molar-refractivity contribution is 0.0185. The molecule has 3 heterocycles. The normalized spacial score (nSPS) is 15.7. The van der Waals surface area contributed by atoms with Gasteiger partial charge < -0.3 is 14.4 Å². The van der Waals surface area contributed by atoms with Crippen LogP contribution in [0.2, 0.25) is 5.02 Å². The third-order valence-electron chi connectivity index (χ3n) is 5.79. The number of pyridine rings is 1. The fourth-order valence-electron chi connectivity index (χ4n) is 3.97. The molecule has 1 aliphatic rings. The summed E-state index contributed by atoms with van der Waals surface area (Å²) in [7, 11) is 0. The molecule has 0 saturated carbocycles. The quantitative estimate of drug-likeness (QED) is 0.426. The fraction of sp³-hybridized carbons (Fsp3) is 0.423. The van der Waals surface area contributed by atoms with E-state index in [9.17, 15) is 4.79 Å². The first-order valence-corrected chi connectivity index (χ1v) is 12.0. The second-order valence-corrected chi connectivity index (χ2v) is 10.1. The minimum atomic E-state index is -0.482. The minimum absolute atomic E-state index is 0.132. The minimum Gasteiger partial charge on any atom is -0.484 e. The summed E-state index contributed by atoms with van der Waals surface area (Å²) in [5.74, 6) is 0.693. The van der Waals surface area contributed by atoms with Crippen LogP contribution in [0.1, 0.15) is 58.2 Å². The Bertz CT molecular complexity index is 1120. The molecule has 0 unspecified atom stereocenters. The second kappa shape index (κ2) is 10.1. The number of carbonyl (C=O) groups excluding carboxylic acids is 1. The van der Waals surface area contributed by atoms with Crippen molar-refractivity contribution in [1.82, 2.24) is 19.7 Å². The summed E-state index contributed by atoms with van der Waals surface area (Å²) in [6.07, 6.45) is 8.70. The predicted octanol–water partition coefficient (Wildman–Crippen LogP) is 6.31. The van der Waals surface area contributed by atoms with Crippen LogP contribution in [0, 0.1) is 0 Å². The number of carbonyl (C=O) groups is 1. The predicted molar refractivity (Wildman–Crippen MR) is 132 cm³/mol. The summed E-state index contributed by atoms with van der Waals surface area (Å²) in [6, 6.07) is 9.86. The topological polar surface area (TPSA) is 69.5 Å². The van der Waals surface area contributed by atoms with Gasteiger partial charge in [-0.2, -0.15) is 5.10 Å². The summed E-state index contributed by atoms with van der Waals surface area (Å²) in [6.45, 7) is 8.96. The van der Waals surface area contributed by atoms with Gasteiger partial charge in [0.05, 0.1) is 18.4 Å². The van der Waals surface area contributed by atoms with Crippen molar-refractivity contribution in [3.05, 3.63) is 65.7 Å². The Morgan fingerprint density at radius 3 is 2.47 bits per heavy atom. The number of rotatable bonds is 5. The van der Waals surface area contributed by atoms with E-state index in [-0.39, 0.29) is 18.2 Å². The molecular formula is C26H31ClN4O3. The average molecular weight is 483 g/mol. The van der Waals surface area contributed by atoms with Crippen LogP contribution >= 0.6 is 11.6 Å². The molecule has 7 nitrogen and oxygen atoms in total. The summed E-state index contributed by atoms with van der Waals surface area (Å²) < 4.78 is 13.6. The van der Waals surface area contributed by atoms with Crippen LogP contribution in [-0.4, -0.2) is 44.4 Å². The van der Waals surface area contributed by atoms with E-state index in [1.54, 1.807) is 11.1 Å². The number of ether oxygens (including phenoxy) is 2. The van der Waals surface area contributed by atoms with E-state index in [0.29, 0.717) is 23.9 Å². The van der Waals surface area contributed by atoms with Crippen LogP contribution in [0.5, 0.6) is 5.75 Å². The van der Waals surface area contributed by atoms with Crippen LogP contribution in [0.15, 0.2) is 55.1 Å². The van der Waals surface area contributed by atoms with Gasteiger partial charge in [0, 0.05) is 41.6 Å². The summed E-state index contributed by atoms with van der Waals surface area (Å²) >= 11 is 5.99. The molecule has 0 N–H and O–H groups in total. The number of hydrogen-bond acceptors (Lipinski definition) is 5. The van der Waals surface area contributed by atoms with E-state index in [4.69, 9.17) is 21.1 Å². The van der Waals surface area contributed by atoms with Gasteiger partial charge >= 0.3 is 6.09 Å². The molecule has 1 atom stereocenters. The van der Waals surface area contributed by atoms with Crippen LogP contribution in [0.3, 0.4) is 0 Å². The van der Waals surface area contributed by atoms with Gasteiger partial charge in [-0.25, -0.2) is 4.79 Å². The molecule has 2 aromatic heterocycles. The van der Waals surface area contributed by atoms with Gasteiger partial charge in [0.25, 0.3) is 0 Å². The van der Waals surface area contributed by atoms with E-state index in [1.807, 2.05) is 81.3 Å². The smallest absolute Gasteiger partial charge is 0.410 e. The third kappa shape index (κ3) is 6.08. The SMILES string of the molecule is C[C@@H](Oc1cncc(-c2cnn(C3CCN(C(=O)OC(C)(C)C)CC3)c2)c1)c1ccc(Cl)cc1. The number of piperidine rings is 1. The molecule has 0 spiro atoms. The van der Waals surface area contributed by atoms with E-state index in [0.717, 1.165) is 29.5 Å². The molecule has 0 radical (unpaired) electrons. The van der Waals surface area contributed by atoms with Gasteiger partial charge in [0.15, 0.2) is 0 Å². The van der Waals surface area contributed by atoms with Crippen molar-refractivity contribution >= 4 is 17.7 Å². The van der Waals surface area contributed by atoms with Crippen LogP contribution in [0.25, 0.3) is 11.1 Å². The maximum Gasteiger partial charge on any atom is 0.410 e.